The van der Waals surface area contributed by atoms with E-state index in [4.69, 9.17) is 0 Å². The van der Waals surface area contributed by atoms with Crippen LogP contribution in [0.3, 0.4) is 0 Å². The molecule has 4 atom stereocenters. The monoisotopic (exact) mass is 224 g/mol. The lowest BCUT2D eigenvalue weighted by Crippen LogP contribution is -2.28. The van der Waals surface area contributed by atoms with Crippen LogP contribution in [0.5, 0.6) is 0 Å². The largest absolute Gasteiger partial charge is 0.298 e. The minimum Gasteiger partial charge on any atom is -0.298 e. The second kappa shape index (κ2) is 2.76. The molecular weight excluding hydrogens is 212 g/mol. The Bertz CT molecular complexity index is 558. The third-order valence-electron chi connectivity index (χ3n) is 4.71. The van der Waals surface area contributed by atoms with Crippen LogP contribution < -0.4 is 0 Å². The molecule has 1 aromatic carbocycles. The summed E-state index contributed by atoms with van der Waals surface area (Å²) in [6, 6.07) is 9.96. The first-order valence-electron chi connectivity index (χ1n) is 6.08. The lowest BCUT2D eigenvalue weighted by atomic mass is 9.86. The van der Waals surface area contributed by atoms with Gasteiger partial charge in [-0.1, -0.05) is 36.4 Å². The van der Waals surface area contributed by atoms with Crippen molar-refractivity contribution < 1.29 is 9.59 Å². The Morgan fingerprint density at radius 1 is 1.12 bits per heavy atom. The number of benzene rings is 1. The molecule has 2 fully saturated rings. The summed E-state index contributed by atoms with van der Waals surface area (Å²) >= 11 is 0. The molecule has 5 rings (SSSR count). The normalized spacial score (nSPS) is 41.5. The second-order valence-corrected chi connectivity index (χ2v) is 5.28. The highest BCUT2D eigenvalue weighted by molar-refractivity contribution is 6.16. The van der Waals surface area contributed by atoms with Gasteiger partial charge in [-0.05, 0) is 29.9 Å². The Morgan fingerprint density at radius 3 is 2.65 bits per heavy atom. The fraction of sp³-hybridized carbons (Fsp3) is 0.333. The number of Topliss-reactive ketones (excluding diaryl/α,β-unsaturated/α-hetero) is 1. The Kier molecular flexibility index (Phi) is 1.51. The van der Waals surface area contributed by atoms with Gasteiger partial charge in [-0.25, -0.2) is 0 Å². The summed E-state index contributed by atoms with van der Waals surface area (Å²) in [7, 11) is 0. The maximum atomic E-state index is 12.5. The zero-order valence-corrected chi connectivity index (χ0v) is 9.30. The van der Waals surface area contributed by atoms with Gasteiger partial charge in [0.1, 0.15) is 0 Å². The van der Waals surface area contributed by atoms with Gasteiger partial charge in [0.15, 0.2) is 11.6 Å². The van der Waals surface area contributed by atoms with Crippen LogP contribution in [-0.2, 0) is 15.0 Å². The summed E-state index contributed by atoms with van der Waals surface area (Å²) in [6.07, 6.45) is 4.35. The molecule has 0 N–H and O–H groups in total. The van der Waals surface area contributed by atoms with E-state index in [2.05, 4.69) is 0 Å². The number of rotatable bonds is 1. The lowest BCUT2D eigenvalue weighted by molar-refractivity contribution is -0.130. The molecule has 0 amide bonds. The van der Waals surface area contributed by atoms with E-state index in [1.165, 1.54) is 0 Å². The maximum absolute atomic E-state index is 12.5. The molecule has 0 radical (unpaired) electrons. The quantitative estimate of drug-likeness (QED) is 0.683. The summed E-state index contributed by atoms with van der Waals surface area (Å²) in [4.78, 5) is 24.3. The van der Waals surface area contributed by atoms with Gasteiger partial charge < -0.3 is 0 Å². The van der Waals surface area contributed by atoms with E-state index in [1.807, 2.05) is 36.4 Å². The number of hydrogen-bond acceptors (Lipinski definition) is 2. The van der Waals surface area contributed by atoms with Crippen LogP contribution >= 0.6 is 0 Å². The number of carbonyl (C=O) groups excluding carboxylic acids is 2. The molecule has 0 saturated heterocycles. The van der Waals surface area contributed by atoms with Crippen molar-refractivity contribution in [2.45, 2.75) is 11.8 Å². The average Bonchev–Trinajstić information content (AvgIpc) is 2.97. The zero-order chi connectivity index (χ0) is 11.6. The molecular formula is C15H12O2. The summed E-state index contributed by atoms with van der Waals surface area (Å²) in [5.74, 6) is 0.437. The zero-order valence-electron chi connectivity index (χ0n) is 9.30. The number of carbonyl (C=O) groups is 2. The Labute approximate surface area is 99.3 Å². The Balaban J connectivity index is 1.91. The highest BCUT2D eigenvalue weighted by Crippen LogP contribution is 2.70. The average molecular weight is 224 g/mol. The van der Waals surface area contributed by atoms with Gasteiger partial charge >= 0.3 is 0 Å². The van der Waals surface area contributed by atoms with Crippen LogP contribution in [0.1, 0.15) is 12.0 Å². The molecule has 0 spiro atoms. The number of fused-ring (bicyclic) bond motifs is 1. The molecule has 4 aliphatic carbocycles. The van der Waals surface area contributed by atoms with Crippen LogP contribution in [0.4, 0.5) is 0 Å². The van der Waals surface area contributed by atoms with Crippen LogP contribution in [0, 0.1) is 17.8 Å². The van der Waals surface area contributed by atoms with Gasteiger partial charge in [0.05, 0.1) is 11.3 Å². The predicted octanol–water partition coefficient (Wildman–Crippen LogP) is 1.90. The van der Waals surface area contributed by atoms with Gasteiger partial charge in [0.2, 0.25) is 0 Å². The van der Waals surface area contributed by atoms with E-state index in [-0.39, 0.29) is 28.8 Å². The molecule has 4 aliphatic rings. The molecule has 2 nitrogen and oxygen atoms in total. The van der Waals surface area contributed by atoms with Crippen LogP contribution in [0.15, 0.2) is 42.5 Å². The van der Waals surface area contributed by atoms with Crippen molar-refractivity contribution in [2.75, 3.05) is 0 Å². The van der Waals surface area contributed by atoms with E-state index in [0.717, 1.165) is 12.0 Å². The summed E-state index contributed by atoms with van der Waals surface area (Å²) < 4.78 is 0. The first-order valence-corrected chi connectivity index (χ1v) is 6.08. The molecule has 1 aromatic rings. The predicted molar refractivity (Wildman–Crippen MR) is 62.4 cm³/mol. The van der Waals surface area contributed by atoms with E-state index < -0.39 is 0 Å². The number of allylic oxidation sites excluding steroid dienone is 2. The van der Waals surface area contributed by atoms with E-state index in [9.17, 15) is 9.59 Å². The van der Waals surface area contributed by atoms with E-state index in [1.54, 1.807) is 6.08 Å². The standard InChI is InChI=1S/C15H12O2/c16-13-7-6-11-12-8-10(13)14(17)15(11,12)9-4-2-1-3-5-9/h1-7,10-12H,8H2/t10-,11-,12+,15-/m0/s1. The van der Waals surface area contributed by atoms with Crippen molar-refractivity contribution in [3.8, 4) is 0 Å². The minimum absolute atomic E-state index is 0.0119. The maximum Gasteiger partial charge on any atom is 0.165 e. The molecule has 0 heterocycles. The molecule has 2 saturated carbocycles. The molecule has 0 aromatic heterocycles. The van der Waals surface area contributed by atoms with Gasteiger partial charge in [0, 0.05) is 0 Å². The summed E-state index contributed by atoms with van der Waals surface area (Å²) in [5.41, 5.74) is 0.746. The second-order valence-electron chi connectivity index (χ2n) is 5.28. The molecule has 4 bridgehead atoms. The molecule has 84 valence electrons. The molecule has 0 aliphatic heterocycles. The first kappa shape index (κ1) is 9.34. The van der Waals surface area contributed by atoms with E-state index in [0.29, 0.717) is 5.92 Å². The van der Waals surface area contributed by atoms with Crippen LogP contribution in [0.2, 0.25) is 0 Å². The number of ketones is 2. The van der Waals surface area contributed by atoms with Crippen molar-refractivity contribution in [1.29, 1.82) is 0 Å². The van der Waals surface area contributed by atoms with Crippen molar-refractivity contribution in [2.24, 2.45) is 17.8 Å². The topological polar surface area (TPSA) is 34.1 Å². The molecule has 17 heavy (non-hydrogen) atoms. The third kappa shape index (κ3) is 0.890. The van der Waals surface area contributed by atoms with Crippen LogP contribution in [0.25, 0.3) is 0 Å². The molecule has 0 unspecified atom stereocenters. The Hall–Kier alpha value is -1.70. The summed E-state index contributed by atoms with van der Waals surface area (Å²) in [5, 5.41) is 0. The highest BCUT2D eigenvalue weighted by atomic mass is 16.2. The molecule has 2 heteroatoms. The van der Waals surface area contributed by atoms with E-state index >= 15 is 0 Å². The Morgan fingerprint density at radius 2 is 1.88 bits per heavy atom. The van der Waals surface area contributed by atoms with Gasteiger partial charge in [-0.3, -0.25) is 9.59 Å². The van der Waals surface area contributed by atoms with Crippen molar-refractivity contribution in [1.82, 2.24) is 0 Å². The van der Waals surface area contributed by atoms with Crippen molar-refractivity contribution >= 4 is 11.6 Å². The van der Waals surface area contributed by atoms with Gasteiger partial charge in [-0.15, -0.1) is 0 Å². The SMILES string of the molecule is O=C1C=C[C@H]2[C@H]3C[C@@H]1C(=O)[C@]32c1ccccc1. The minimum atomic E-state index is -0.366. The summed E-state index contributed by atoms with van der Waals surface area (Å²) in [6.45, 7) is 0. The lowest BCUT2D eigenvalue weighted by Gasteiger charge is -2.14. The third-order valence-corrected chi connectivity index (χ3v) is 4.71. The first-order chi connectivity index (χ1) is 8.26. The van der Waals surface area contributed by atoms with Crippen molar-refractivity contribution in [3.63, 3.8) is 0 Å². The number of hydrogen-bond donors (Lipinski definition) is 0. The smallest absolute Gasteiger partial charge is 0.165 e. The fourth-order valence-electron chi connectivity index (χ4n) is 3.93. The van der Waals surface area contributed by atoms with Gasteiger partial charge in [0.25, 0.3) is 0 Å². The van der Waals surface area contributed by atoms with Crippen molar-refractivity contribution in [3.05, 3.63) is 48.0 Å². The fourth-order valence-corrected chi connectivity index (χ4v) is 3.93. The van der Waals surface area contributed by atoms with Gasteiger partial charge in [-0.2, -0.15) is 0 Å². The highest BCUT2D eigenvalue weighted by Gasteiger charge is 2.75. The van der Waals surface area contributed by atoms with Crippen LogP contribution in [-0.4, -0.2) is 11.6 Å².